The summed E-state index contributed by atoms with van der Waals surface area (Å²) in [6, 6.07) is 5.85. The molecule has 4 nitrogen and oxygen atoms in total. The minimum atomic E-state index is 0.811. The van der Waals surface area contributed by atoms with Gasteiger partial charge in [-0.25, -0.2) is 9.97 Å². The number of aromatic nitrogens is 4. The summed E-state index contributed by atoms with van der Waals surface area (Å²) < 4.78 is 1.12. The maximum absolute atomic E-state index is 4.59. The molecule has 0 spiro atoms. The molecule has 0 aromatic carbocycles. The van der Waals surface area contributed by atoms with Crippen LogP contribution < -0.4 is 0 Å². The van der Waals surface area contributed by atoms with E-state index in [0.29, 0.717) is 0 Å². The molecule has 0 fully saturated rings. The first kappa shape index (κ1) is 8.95. The quantitative estimate of drug-likeness (QED) is 0.472. The minimum Gasteiger partial charge on any atom is -0.262 e. The third kappa shape index (κ3) is 1.23. The Bertz CT molecular complexity index is 847. The maximum atomic E-state index is 4.59. The predicted octanol–water partition coefficient (Wildman–Crippen LogP) is 2.79. The number of pyridine rings is 2. The fraction of sp³-hybridized carbons (Fsp3) is 0. The van der Waals surface area contributed by atoms with Crippen molar-refractivity contribution in [3.8, 4) is 0 Å². The molecule has 0 unspecified atom stereocenters. The molecule has 0 radical (unpaired) electrons. The second-order valence-electron chi connectivity index (χ2n) is 3.69. The summed E-state index contributed by atoms with van der Waals surface area (Å²) >= 11 is 1.62. The smallest absolute Gasteiger partial charge is 0.145 e. The highest BCUT2D eigenvalue weighted by molar-refractivity contribution is 7.25. The Morgan fingerprint density at radius 2 is 1.94 bits per heavy atom. The van der Waals surface area contributed by atoms with E-state index in [2.05, 4.69) is 19.9 Å². The van der Waals surface area contributed by atoms with Crippen LogP contribution in [0.4, 0.5) is 0 Å². The molecule has 0 N–H and O–H groups in total. The Kier molecular flexibility index (Phi) is 1.67. The van der Waals surface area contributed by atoms with Gasteiger partial charge >= 0.3 is 0 Å². The van der Waals surface area contributed by atoms with E-state index >= 15 is 0 Å². The molecule has 4 heterocycles. The molecule has 5 heteroatoms. The van der Waals surface area contributed by atoms with Crippen LogP contribution >= 0.6 is 11.3 Å². The zero-order chi connectivity index (χ0) is 11.2. The third-order valence-electron chi connectivity index (χ3n) is 2.64. The van der Waals surface area contributed by atoms with Gasteiger partial charge in [0.25, 0.3) is 0 Å². The molecule has 0 aliphatic rings. The normalized spacial score (nSPS) is 11.5. The van der Waals surface area contributed by atoms with E-state index in [0.717, 1.165) is 31.6 Å². The summed E-state index contributed by atoms with van der Waals surface area (Å²) in [5.41, 5.74) is 3.47. The Morgan fingerprint density at radius 3 is 2.94 bits per heavy atom. The van der Waals surface area contributed by atoms with Gasteiger partial charge in [0.15, 0.2) is 0 Å². The molecule has 4 rings (SSSR count). The number of rotatable bonds is 0. The lowest BCUT2D eigenvalue weighted by Gasteiger charge is -1.95. The second-order valence-corrected chi connectivity index (χ2v) is 4.72. The molecule has 0 aliphatic heterocycles. The van der Waals surface area contributed by atoms with E-state index in [1.165, 1.54) is 0 Å². The van der Waals surface area contributed by atoms with Crippen LogP contribution in [-0.2, 0) is 0 Å². The SMILES string of the molecule is c1cnc2c(c1)sc1nc3ccncc3nc12. The molecular weight excluding hydrogens is 232 g/mol. The molecule has 0 atom stereocenters. The number of nitrogens with zero attached hydrogens (tertiary/aromatic N) is 4. The number of hydrogen-bond donors (Lipinski definition) is 0. The summed E-state index contributed by atoms with van der Waals surface area (Å²) in [4.78, 5) is 18.5. The van der Waals surface area contributed by atoms with Crippen LogP contribution in [-0.4, -0.2) is 19.9 Å². The van der Waals surface area contributed by atoms with Gasteiger partial charge in [-0.15, -0.1) is 11.3 Å². The Balaban J connectivity index is 2.28. The van der Waals surface area contributed by atoms with Gasteiger partial charge in [0, 0.05) is 12.4 Å². The highest BCUT2D eigenvalue weighted by Gasteiger charge is 2.09. The molecule has 17 heavy (non-hydrogen) atoms. The summed E-state index contributed by atoms with van der Waals surface area (Å²) in [7, 11) is 0. The highest BCUT2D eigenvalue weighted by atomic mass is 32.1. The number of fused-ring (bicyclic) bond motifs is 4. The lowest BCUT2D eigenvalue weighted by atomic mass is 10.3. The topological polar surface area (TPSA) is 51.6 Å². The zero-order valence-corrected chi connectivity index (χ0v) is 9.48. The molecule has 0 amide bonds. The summed E-state index contributed by atoms with van der Waals surface area (Å²) in [6.07, 6.45) is 5.24. The van der Waals surface area contributed by atoms with Crippen molar-refractivity contribution < 1.29 is 0 Å². The van der Waals surface area contributed by atoms with Crippen molar-refractivity contribution >= 4 is 42.9 Å². The van der Waals surface area contributed by atoms with Gasteiger partial charge in [-0.3, -0.25) is 9.97 Å². The number of thiophene rings is 1. The van der Waals surface area contributed by atoms with Crippen LogP contribution in [0.1, 0.15) is 0 Å². The molecule has 0 saturated heterocycles. The first-order valence-electron chi connectivity index (χ1n) is 5.17. The van der Waals surface area contributed by atoms with Crippen LogP contribution in [0.5, 0.6) is 0 Å². The third-order valence-corrected chi connectivity index (χ3v) is 3.66. The van der Waals surface area contributed by atoms with Crippen molar-refractivity contribution in [2.45, 2.75) is 0 Å². The van der Waals surface area contributed by atoms with Gasteiger partial charge in [0.2, 0.25) is 0 Å². The molecule has 4 aromatic heterocycles. The largest absolute Gasteiger partial charge is 0.262 e. The minimum absolute atomic E-state index is 0.811. The molecule has 4 aromatic rings. The van der Waals surface area contributed by atoms with Gasteiger partial charge in [0.05, 0.1) is 16.4 Å². The van der Waals surface area contributed by atoms with E-state index in [1.807, 2.05) is 18.2 Å². The van der Waals surface area contributed by atoms with E-state index < -0.39 is 0 Å². The first-order valence-corrected chi connectivity index (χ1v) is 5.98. The molecule has 0 bridgehead atoms. The van der Waals surface area contributed by atoms with Gasteiger partial charge in [-0.05, 0) is 18.2 Å². The fourth-order valence-electron chi connectivity index (χ4n) is 1.87. The van der Waals surface area contributed by atoms with Crippen LogP contribution in [0.3, 0.4) is 0 Å². The van der Waals surface area contributed by atoms with Crippen LogP contribution in [0.25, 0.3) is 31.6 Å². The van der Waals surface area contributed by atoms with E-state index in [-0.39, 0.29) is 0 Å². The summed E-state index contributed by atoms with van der Waals surface area (Å²) in [6.45, 7) is 0. The molecule has 0 aliphatic carbocycles. The van der Waals surface area contributed by atoms with E-state index in [1.54, 1.807) is 29.9 Å². The van der Waals surface area contributed by atoms with Gasteiger partial charge in [-0.1, -0.05) is 0 Å². The zero-order valence-electron chi connectivity index (χ0n) is 8.66. The summed E-state index contributed by atoms with van der Waals surface area (Å²) in [5.74, 6) is 0. The average Bonchev–Trinajstić information content (AvgIpc) is 2.73. The van der Waals surface area contributed by atoms with Crippen molar-refractivity contribution in [1.82, 2.24) is 19.9 Å². The van der Waals surface area contributed by atoms with Crippen molar-refractivity contribution in [2.75, 3.05) is 0 Å². The van der Waals surface area contributed by atoms with Crippen molar-refractivity contribution in [1.29, 1.82) is 0 Å². The number of hydrogen-bond acceptors (Lipinski definition) is 5. The Morgan fingerprint density at radius 1 is 0.941 bits per heavy atom. The van der Waals surface area contributed by atoms with Crippen LogP contribution in [0.2, 0.25) is 0 Å². The van der Waals surface area contributed by atoms with Crippen molar-refractivity contribution in [3.05, 3.63) is 36.8 Å². The fourth-order valence-corrected chi connectivity index (χ4v) is 2.85. The van der Waals surface area contributed by atoms with E-state index in [4.69, 9.17) is 0 Å². The lowest BCUT2D eigenvalue weighted by Crippen LogP contribution is -1.85. The monoisotopic (exact) mass is 238 g/mol. The second kappa shape index (κ2) is 3.18. The van der Waals surface area contributed by atoms with Gasteiger partial charge in [-0.2, -0.15) is 0 Å². The standard InChI is InChI=1S/C12H6N4S/c1-2-9-10(14-4-1)11-12(17-9)16-7-3-5-13-6-8(7)15-11/h1-6H. The lowest BCUT2D eigenvalue weighted by molar-refractivity contribution is 1.31. The first-order chi connectivity index (χ1) is 8.42. The molecule has 0 saturated carbocycles. The average molecular weight is 238 g/mol. The predicted molar refractivity (Wildman–Crippen MR) is 68.0 cm³/mol. The summed E-state index contributed by atoms with van der Waals surface area (Å²) in [5, 5.41) is 0. The van der Waals surface area contributed by atoms with Gasteiger partial charge < -0.3 is 0 Å². The maximum Gasteiger partial charge on any atom is 0.145 e. The van der Waals surface area contributed by atoms with Gasteiger partial charge in [0.1, 0.15) is 21.4 Å². The molecular formula is C12H6N4S. The van der Waals surface area contributed by atoms with Crippen LogP contribution in [0, 0.1) is 0 Å². The Labute approximate surface area is 100.0 Å². The van der Waals surface area contributed by atoms with Crippen molar-refractivity contribution in [2.24, 2.45) is 0 Å². The molecule has 80 valence electrons. The Hall–Kier alpha value is -2.14. The van der Waals surface area contributed by atoms with Crippen LogP contribution in [0.15, 0.2) is 36.8 Å². The van der Waals surface area contributed by atoms with E-state index in [9.17, 15) is 0 Å². The highest BCUT2D eigenvalue weighted by Crippen LogP contribution is 2.30. The van der Waals surface area contributed by atoms with Crippen molar-refractivity contribution in [3.63, 3.8) is 0 Å².